The molecule has 1 N–H and O–H groups in total. The van der Waals surface area contributed by atoms with Gasteiger partial charge in [0, 0.05) is 6.04 Å². The molecule has 20 heavy (non-hydrogen) atoms. The van der Waals surface area contributed by atoms with Crippen molar-refractivity contribution in [2.45, 2.75) is 48.8 Å². The lowest BCUT2D eigenvalue weighted by Gasteiger charge is -2.29. The first-order valence-corrected chi connectivity index (χ1v) is 8.80. The summed E-state index contributed by atoms with van der Waals surface area (Å²) in [5, 5.41) is 2.74. The fourth-order valence-electron chi connectivity index (χ4n) is 2.75. The van der Waals surface area contributed by atoms with Crippen LogP contribution in [0.1, 0.15) is 32.6 Å². The maximum absolute atomic E-state index is 13.2. The van der Waals surface area contributed by atoms with Crippen molar-refractivity contribution in [2.24, 2.45) is 0 Å². The molecule has 0 aliphatic heterocycles. The minimum absolute atomic E-state index is 0.117. The van der Waals surface area contributed by atoms with E-state index in [-0.39, 0.29) is 16.0 Å². The molecule has 0 saturated heterocycles. The Labute approximate surface area is 124 Å². The normalized spacial score (nSPS) is 23.8. The molecule has 0 radical (unpaired) electrons. The maximum Gasteiger partial charge on any atom is 0.181 e. The summed E-state index contributed by atoms with van der Waals surface area (Å²) < 4.78 is 38.3. The summed E-state index contributed by atoms with van der Waals surface area (Å²) in [4.78, 5) is 0.117. The van der Waals surface area contributed by atoms with E-state index >= 15 is 0 Å². The molecule has 0 bridgehead atoms. The summed E-state index contributed by atoms with van der Waals surface area (Å²) in [6.07, 6.45) is 3.14. The van der Waals surface area contributed by atoms with Crippen LogP contribution in [0.25, 0.3) is 0 Å². The molecule has 1 aromatic rings. The van der Waals surface area contributed by atoms with Crippen molar-refractivity contribution in [3.63, 3.8) is 0 Å². The van der Waals surface area contributed by atoms with Crippen molar-refractivity contribution in [3.05, 3.63) is 29.0 Å². The molecule has 2 unspecified atom stereocenters. The number of sulfone groups is 1. The minimum Gasteiger partial charge on any atom is -0.314 e. The van der Waals surface area contributed by atoms with E-state index in [1.54, 1.807) is 0 Å². The second-order valence-electron chi connectivity index (χ2n) is 5.16. The maximum atomic E-state index is 13.2. The molecule has 1 aliphatic carbocycles. The molecule has 0 aromatic heterocycles. The highest BCUT2D eigenvalue weighted by Gasteiger charge is 2.32. The topological polar surface area (TPSA) is 46.2 Å². The molecule has 0 amide bonds. The molecular weight excluding hydrogens is 301 g/mol. The molecule has 2 rings (SSSR count). The highest BCUT2D eigenvalue weighted by molar-refractivity contribution is 7.92. The zero-order chi connectivity index (χ0) is 14.8. The van der Waals surface area contributed by atoms with Gasteiger partial charge in [0.25, 0.3) is 0 Å². The fourth-order valence-corrected chi connectivity index (χ4v) is 4.88. The Morgan fingerprint density at radius 3 is 2.80 bits per heavy atom. The number of rotatable bonds is 4. The van der Waals surface area contributed by atoms with Gasteiger partial charge in [-0.2, -0.15) is 0 Å². The fraction of sp³-hybridized carbons (Fsp3) is 0.571. The van der Waals surface area contributed by atoms with Gasteiger partial charge >= 0.3 is 0 Å². The first-order valence-electron chi connectivity index (χ1n) is 6.87. The third-order valence-corrected chi connectivity index (χ3v) is 6.28. The van der Waals surface area contributed by atoms with Crippen LogP contribution < -0.4 is 5.32 Å². The van der Waals surface area contributed by atoms with Gasteiger partial charge in [0.05, 0.1) is 15.2 Å². The van der Waals surface area contributed by atoms with E-state index < -0.39 is 20.9 Å². The van der Waals surface area contributed by atoms with Gasteiger partial charge in [-0.25, -0.2) is 12.8 Å². The van der Waals surface area contributed by atoms with Gasteiger partial charge in [-0.1, -0.05) is 24.9 Å². The molecule has 1 saturated carbocycles. The van der Waals surface area contributed by atoms with E-state index in [0.717, 1.165) is 25.5 Å². The van der Waals surface area contributed by atoms with Gasteiger partial charge < -0.3 is 5.32 Å². The Bertz CT molecular complexity index is 575. The molecular formula is C14H19ClFNO2S. The van der Waals surface area contributed by atoms with E-state index in [1.165, 1.54) is 12.1 Å². The van der Waals surface area contributed by atoms with E-state index in [0.29, 0.717) is 12.8 Å². The van der Waals surface area contributed by atoms with Crippen LogP contribution in [0.5, 0.6) is 0 Å². The van der Waals surface area contributed by atoms with Crippen molar-refractivity contribution >= 4 is 21.4 Å². The van der Waals surface area contributed by atoms with Crippen molar-refractivity contribution in [3.8, 4) is 0 Å². The van der Waals surface area contributed by atoms with E-state index in [1.807, 2.05) is 6.92 Å². The second kappa shape index (κ2) is 6.41. The summed E-state index contributed by atoms with van der Waals surface area (Å²) >= 11 is 5.69. The van der Waals surface area contributed by atoms with Crippen LogP contribution in [-0.2, 0) is 9.84 Å². The van der Waals surface area contributed by atoms with Gasteiger partial charge in [-0.3, -0.25) is 0 Å². The lowest BCUT2D eigenvalue weighted by Crippen LogP contribution is -2.38. The summed E-state index contributed by atoms with van der Waals surface area (Å²) in [7, 11) is -3.44. The van der Waals surface area contributed by atoms with Crippen LogP contribution in [0.15, 0.2) is 23.1 Å². The molecule has 112 valence electrons. The van der Waals surface area contributed by atoms with Crippen molar-refractivity contribution < 1.29 is 12.8 Å². The molecule has 6 heteroatoms. The molecule has 0 heterocycles. The Hall–Kier alpha value is -0.650. The zero-order valence-corrected chi connectivity index (χ0v) is 13.0. The van der Waals surface area contributed by atoms with Gasteiger partial charge in [0.1, 0.15) is 5.82 Å². The third-order valence-electron chi connectivity index (χ3n) is 3.78. The van der Waals surface area contributed by atoms with E-state index in [9.17, 15) is 12.8 Å². The molecule has 1 fully saturated rings. The van der Waals surface area contributed by atoms with Gasteiger partial charge in [0.2, 0.25) is 0 Å². The average Bonchev–Trinajstić information content (AvgIpc) is 2.42. The van der Waals surface area contributed by atoms with Crippen molar-refractivity contribution in [2.75, 3.05) is 6.54 Å². The zero-order valence-electron chi connectivity index (χ0n) is 11.4. The van der Waals surface area contributed by atoms with Crippen molar-refractivity contribution in [1.29, 1.82) is 0 Å². The highest BCUT2D eigenvalue weighted by atomic mass is 35.5. The monoisotopic (exact) mass is 319 g/mol. The summed E-state index contributed by atoms with van der Waals surface area (Å²) in [6, 6.07) is 3.86. The Kier molecular flexibility index (Phi) is 5.04. The van der Waals surface area contributed by atoms with Crippen LogP contribution in [0.2, 0.25) is 5.02 Å². The number of nitrogens with one attached hydrogen (secondary N) is 1. The quantitative estimate of drug-likeness (QED) is 0.867. The second-order valence-corrected chi connectivity index (χ2v) is 7.80. The van der Waals surface area contributed by atoms with Gasteiger partial charge in [0.15, 0.2) is 9.84 Å². The number of halogens is 2. The predicted molar refractivity (Wildman–Crippen MR) is 78.3 cm³/mol. The molecule has 1 aromatic carbocycles. The smallest absolute Gasteiger partial charge is 0.181 e. The number of benzene rings is 1. The average molecular weight is 320 g/mol. The Morgan fingerprint density at radius 1 is 1.40 bits per heavy atom. The molecule has 2 atom stereocenters. The highest BCUT2D eigenvalue weighted by Crippen LogP contribution is 2.30. The standard InChI is InChI=1S/C14H19ClFNO2S/c1-2-17-10-4-3-5-11(8-10)20(18,19)12-6-7-14(16)13(15)9-12/h6-7,9-11,17H,2-5,8H2,1H3. The molecule has 1 aliphatic rings. The minimum atomic E-state index is -3.44. The summed E-state index contributed by atoms with van der Waals surface area (Å²) in [6.45, 7) is 2.84. The third kappa shape index (κ3) is 3.32. The largest absolute Gasteiger partial charge is 0.314 e. The molecule has 3 nitrogen and oxygen atoms in total. The Balaban J connectivity index is 2.23. The van der Waals surface area contributed by atoms with Crippen LogP contribution in [0, 0.1) is 5.82 Å². The van der Waals surface area contributed by atoms with E-state index in [4.69, 9.17) is 11.6 Å². The van der Waals surface area contributed by atoms with Crippen LogP contribution in [0.3, 0.4) is 0 Å². The van der Waals surface area contributed by atoms with Gasteiger partial charge in [-0.05, 0) is 44.0 Å². The number of hydrogen-bond acceptors (Lipinski definition) is 3. The number of hydrogen-bond donors (Lipinski definition) is 1. The molecule has 0 spiro atoms. The predicted octanol–water partition coefficient (Wildman–Crippen LogP) is 3.17. The van der Waals surface area contributed by atoms with Gasteiger partial charge in [-0.15, -0.1) is 0 Å². The summed E-state index contributed by atoms with van der Waals surface area (Å²) in [5.41, 5.74) is 0. The van der Waals surface area contributed by atoms with Crippen LogP contribution >= 0.6 is 11.6 Å². The van der Waals surface area contributed by atoms with Crippen LogP contribution in [0.4, 0.5) is 4.39 Å². The lowest BCUT2D eigenvalue weighted by atomic mass is 9.95. The van der Waals surface area contributed by atoms with E-state index in [2.05, 4.69) is 5.32 Å². The lowest BCUT2D eigenvalue weighted by molar-refractivity contribution is 0.377. The summed E-state index contributed by atoms with van der Waals surface area (Å²) in [5.74, 6) is -0.597. The SMILES string of the molecule is CCNC1CCCC(S(=O)(=O)c2ccc(F)c(Cl)c2)C1. The first-order chi connectivity index (χ1) is 9.45. The first kappa shape index (κ1) is 15.7. The van der Waals surface area contributed by atoms with Crippen molar-refractivity contribution in [1.82, 2.24) is 5.32 Å². The Morgan fingerprint density at radius 2 is 2.15 bits per heavy atom. The van der Waals surface area contributed by atoms with Crippen LogP contribution in [-0.4, -0.2) is 26.3 Å².